The van der Waals surface area contributed by atoms with E-state index in [0.29, 0.717) is 12.7 Å². The number of aldehydes is 1. The summed E-state index contributed by atoms with van der Waals surface area (Å²) in [5.74, 6) is -0.801. The van der Waals surface area contributed by atoms with Crippen LogP contribution in [0, 0.1) is 6.92 Å². The molecule has 0 amide bonds. The van der Waals surface area contributed by atoms with Crippen LogP contribution in [-0.4, -0.2) is 62.2 Å². The van der Waals surface area contributed by atoms with Crippen LogP contribution in [0.25, 0.3) is 0 Å². The minimum absolute atomic E-state index is 0.0883. The molecule has 1 aromatic carbocycles. The van der Waals surface area contributed by atoms with Crippen LogP contribution in [-0.2, 0) is 33.9 Å². The van der Waals surface area contributed by atoms with Crippen molar-refractivity contribution in [2.45, 2.75) is 63.2 Å². The number of cyclic esters (lactones) is 1. The molecule has 2 aliphatic rings. The van der Waals surface area contributed by atoms with E-state index in [9.17, 15) is 22.8 Å². The van der Waals surface area contributed by atoms with Crippen LogP contribution in [0.1, 0.15) is 38.7 Å². The first-order valence-electron chi connectivity index (χ1n) is 12.2. The fourth-order valence-electron chi connectivity index (χ4n) is 4.16. The van der Waals surface area contributed by atoms with Crippen molar-refractivity contribution >= 4 is 28.1 Å². The Kier molecular flexibility index (Phi) is 9.91. The van der Waals surface area contributed by atoms with Crippen molar-refractivity contribution in [3.05, 3.63) is 77.4 Å². The molecule has 0 radical (unpaired) electrons. The second-order valence-electron chi connectivity index (χ2n) is 9.41. The van der Waals surface area contributed by atoms with Gasteiger partial charge in [0.2, 0.25) is 10.0 Å². The maximum absolute atomic E-state index is 13.4. The van der Waals surface area contributed by atoms with Crippen molar-refractivity contribution in [3.63, 3.8) is 0 Å². The van der Waals surface area contributed by atoms with E-state index in [0.717, 1.165) is 16.7 Å². The Labute approximate surface area is 218 Å². The van der Waals surface area contributed by atoms with E-state index in [1.165, 1.54) is 22.5 Å². The second kappa shape index (κ2) is 12.9. The highest BCUT2D eigenvalue weighted by Crippen LogP contribution is 2.25. The van der Waals surface area contributed by atoms with Crippen LogP contribution >= 0.6 is 0 Å². The largest absolute Gasteiger partial charge is 0.451 e. The number of esters is 1. The third-order valence-electron chi connectivity index (χ3n) is 6.00. The first-order valence-corrected chi connectivity index (χ1v) is 13.6. The van der Waals surface area contributed by atoms with E-state index in [2.05, 4.69) is 0 Å². The number of nitrogens with zero attached hydrogens (tertiary/aromatic N) is 1. The predicted molar refractivity (Wildman–Crippen MR) is 139 cm³/mol. The molecule has 1 fully saturated rings. The van der Waals surface area contributed by atoms with Gasteiger partial charge in [0, 0.05) is 32.0 Å². The minimum Gasteiger partial charge on any atom is -0.451 e. The lowest BCUT2D eigenvalue weighted by Crippen LogP contribution is -2.49. The number of sulfonamides is 1. The molecule has 0 unspecified atom stereocenters. The van der Waals surface area contributed by atoms with Gasteiger partial charge in [0.15, 0.2) is 18.2 Å². The fraction of sp³-hybridized carbons (Fsp3) is 0.393. The van der Waals surface area contributed by atoms with Crippen molar-refractivity contribution in [2.24, 2.45) is 0 Å². The molecule has 8 nitrogen and oxygen atoms in total. The molecule has 3 rings (SSSR count). The van der Waals surface area contributed by atoms with Crippen LogP contribution in [0.4, 0.5) is 0 Å². The van der Waals surface area contributed by atoms with Gasteiger partial charge < -0.3 is 9.47 Å². The zero-order valence-electron chi connectivity index (χ0n) is 21.3. The number of ether oxygens (including phenoxy) is 2. The zero-order chi connectivity index (χ0) is 27.0. The predicted octanol–water partition coefficient (Wildman–Crippen LogP) is 3.62. The Morgan fingerprint density at radius 3 is 2.43 bits per heavy atom. The van der Waals surface area contributed by atoms with Crippen molar-refractivity contribution < 1.29 is 32.3 Å². The summed E-state index contributed by atoms with van der Waals surface area (Å²) in [6, 6.07) is 6.67. The molecule has 37 heavy (non-hydrogen) atoms. The molecular formula is C28H33NO7S. The third-order valence-corrected chi connectivity index (χ3v) is 7.84. The summed E-state index contributed by atoms with van der Waals surface area (Å²) >= 11 is 0. The average molecular weight is 528 g/mol. The smallest absolute Gasteiger partial charge is 0.331 e. The molecule has 9 heteroatoms. The number of morpholine rings is 1. The summed E-state index contributed by atoms with van der Waals surface area (Å²) < 4.78 is 39.6. The number of ketones is 1. The fourth-order valence-corrected chi connectivity index (χ4v) is 5.64. The van der Waals surface area contributed by atoms with E-state index in [4.69, 9.17) is 9.47 Å². The molecule has 2 heterocycles. The van der Waals surface area contributed by atoms with Crippen molar-refractivity contribution in [1.82, 2.24) is 4.31 Å². The number of carbonyl (C=O) groups excluding carboxylic acids is 3. The average Bonchev–Trinajstić information content (AvgIpc) is 2.83. The SMILES string of the molecule is C/C1=C/C=C/C(=O)O[C@H](C=O)C/C(C)=C/[C@@H]2CN(S(=O)(=O)c3ccc(C)cc3)C[C@H](C/C=C/C(=O)C1)O2. The third kappa shape index (κ3) is 8.45. The first-order chi connectivity index (χ1) is 17.6. The maximum Gasteiger partial charge on any atom is 0.331 e. The summed E-state index contributed by atoms with van der Waals surface area (Å²) in [6.45, 7) is 5.65. The summed E-state index contributed by atoms with van der Waals surface area (Å²) in [6.07, 6.45) is 8.43. The van der Waals surface area contributed by atoms with Gasteiger partial charge in [0.25, 0.3) is 0 Å². The standard InChI is InChI=1S/C28H33NO7S/c1-20-10-12-27(13-11-20)37(33,34)29-17-24-8-5-7-23(31)14-21(2)6-4-9-28(32)36-26(19-30)16-22(3)15-25(18-29)35-24/h4-7,9-13,15,19,24-26H,8,14,16-18H2,1-3H3/b7-5+,9-4+,21-6-,22-15+/t24-,25+,26-/m0/s1. The van der Waals surface area contributed by atoms with Gasteiger partial charge >= 0.3 is 5.97 Å². The summed E-state index contributed by atoms with van der Waals surface area (Å²) in [4.78, 5) is 36.2. The van der Waals surface area contributed by atoms with E-state index >= 15 is 0 Å². The quantitative estimate of drug-likeness (QED) is 0.336. The Balaban J connectivity index is 1.91. The summed E-state index contributed by atoms with van der Waals surface area (Å²) in [7, 11) is -3.78. The van der Waals surface area contributed by atoms with E-state index in [1.54, 1.807) is 56.3 Å². The molecule has 2 bridgehead atoms. The van der Waals surface area contributed by atoms with Crippen LogP contribution in [0.2, 0.25) is 0 Å². The van der Waals surface area contributed by atoms with Gasteiger partial charge in [-0.1, -0.05) is 53.1 Å². The van der Waals surface area contributed by atoms with Gasteiger partial charge in [-0.2, -0.15) is 4.31 Å². The van der Waals surface area contributed by atoms with Gasteiger partial charge in [-0.3, -0.25) is 9.59 Å². The van der Waals surface area contributed by atoms with E-state index in [-0.39, 0.29) is 36.6 Å². The number of allylic oxidation sites excluding steroid dienone is 4. The Morgan fingerprint density at radius 1 is 1.00 bits per heavy atom. The maximum atomic E-state index is 13.4. The Hall–Kier alpha value is -3.14. The first kappa shape index (κ1) is 28.4. The Morgan fingerprint density at radius 2 is 1.73 bits per heavy atom. The highest BCUT2D eigenvalue weighted by molar-refractivity contribution is 7.89. The molecule has 198 valence electrons. The lowest BCUT2D eigenvalue weighted by molar-refractivity contribution is -0.146. The molecular weight excluding hydrogens is 494 g/mol. The monoisotopic (exact) mass is 527 g/mol. The van der Waals surface area contributed by atoms with Gasteiger partial charge in [0.05, 0.1) is 17.1 Å². The molecule has 0 N–H and O–H groups in total. The molecule has 0 saturated carbocycles. The van der Waals surface area contributed by atoms with Crippen LogP contribution < -0.4 is 0 Å². The van der Waals surface area contributed by atoms with Gasteiger partial charge in [0.1, 0.15) is 0 Å². The lowest BCUT2D eigenvalue weighted by Gasteiger charge is -2.36. The molecule has 1 aromatic rings. The van der Waals surface area contributed by atoms with E-state index < -0.39 is 34.3 Å². The Bertz CT molecular complexity index is 1230. The molecule has 0 aliphatic carbocycles. The van der Waals surface area contributed by atoms with Crippen molar-refractivity contribution in [2.75, 3.05) is 13.1 Å². The van der Waals surface area contributed by atoms with Crippen molar-refractivity contribution in [1.29, 1.82) is 0 Å². The molecule has 0 spiro atoms. The molecule has 3 atom stereocenters. The number of fused-ring (bicyclic) bond motifs is 2. The minimum atomic E-state index is -3.78. The number of rotatable bonds is 3. The van der Waals surface area contributed by atoms with Gasteiger partial charge in [-0.15, -0.1) is 0 Å². The normalized spacial score (nSPS) is 29.4. The number of hydrogen-bond donors (Lipinski definition) is 0. The number of hydrogen-bond acceptors (Lipinski definition) is 7. The van der Waals surface area contributed by atoms with Crippen LogP contribution in [0.3, 0.4) is 0 Å². The molecule has 2 aliphatic heterocycles. The zero-order valence-corrected chi connectivity index (χ0v) is 22.1. The number of aryl methyl sites for hydroxylation is 1. The van der Waals surface area contributed by atoms with Gasteiger partial charge in [-0.05, 0) is 45.4 Å². The molecule has 1 saturated heterocycles. The highest BCUT2D eigenvalue weighted by atomic mass is 32.2. The van der Waals surface area contributed by atoms with Crippen molar-refractivity contribution in [3.8, 4) is 0 Å². The highest BCUT2D eigenvalue weighted by Gasteiger charge is 2.34. The topological polar surface area (TPSA) is 107 Å². The summed E-state index contributed by atoms with van der Waals surface area (Å²) in [5.41, 5.74) is 2.42. The van der Waals surface area contributed by atoms with Crippen LogP contribution in [0.5, 0.6) is 0 Å². The molecule has 0 aromatic heterocycles. The van der Waals surface area contributed by atoms with Crippen LogP contribution in [0.15, 0.2) is 76.8 Å². The summed E-state index contributed by atoms with van der Waals surface area (Å²) in [5, 5.41) is 0. The number of carbonyl (C=O) groups is 3. The lowest BCUT2D eigenvalue weighted by atomic mass is 10.1. The second-order valence-corrected chi connectivity index (χ2v) is 11.4. The van der Waals surface area contributed by atoms with E-state index in [1.807, 2.05) is 6.92 Å². The number of benzene rings is 1. The van der Waals surface area contributed by atoms with Gasteiger partial charge in [-0.25, -0.2) is 13.2 Å².